The number of amides is 1. The number of fused-ring (bicyclic) bond motifs is 1. The molecule has 1 fully saturated rings. The summed E-state index contributed by atoms with van der Waals surface area (Å²) in [7, 11) is 0. The summed E-state index contributed by atoms with van der Waals surface area (Å²) in [5.41, 5.74) is 4.45. The number of allylic oxidation sites excluding steroid dienone is 1. The highest BCUT2D eigenvalue weighted by Gasteiger charge is 2.35. The number of carbonyl (C=O) groups is 1. The smallest absolute Gasteiger partial charge is 0.242 e. The van der Waals surface area contributed by atoms with Crippen LogP contribution in [0.5, 0.6) is 0 Å². The van der Waals surface area contributed by atoms with Crippen molar-refractivity contribution in [2.24, 2.45) is 0 Å². The minimum atomic E-state index is 0.0589. The molecule has 0 bridgehead atoms. The lowest BCUT2D eigenvalue weighted by atomic mass is 9.84. The summed E-state index contributed by atoms with van der Waals surface area (Å²) in [5, 5.41) is 8.16. The predicted octanol–water partition coefficient (Wildman–Crippen LogP) is 4.06. The van der Waals surface area contributed by atoms with Gasteiger partial charge >= 0.3 is 0 Å². The number of anilines is 1. The van der Waals surface area contributed by atoms with E-state index in [-0.39, 0.29) is 11.8 Å². The molecule has 4 rings (SSSR count). The fraction of sp³-hybridized carbons (Fsp3) is 0.318. The Labute approximate surface area is 165 Å². The molecule has 0 spiro atoms. The molecule has 5 heteroatoms. The quantitative estimate of drug-likeness (QED) is 0.870. The van der Waals surface area contributed by atoms with Crippen molar-refractivity contribution >= 4 is 29.3 Å². The zero-order valence-electron chi connectivity index (χ0n) is 15.5. The highest BCUT2D eigenvalue weighted by Crippen LogP contribution is 2.41. The molecule has 0 aliphatic carbocycles. The molecule has 1 N–H and O–H groups in total. The van der Waals surface area contributed by atoms with Gasteiger partial charge in [-0.15, -0.1) is 0 Å². The highest BCUT2D eigenvalue weighted by atomic mass is 35.5. The molecule has 2 aliphatic rings. The molecule has 27 heavy (non-hydrogen) atoms. The molecule has 4 nitrogen and oxygen atoms in total. The van der Waals surface area contributed by atoms with E-state index in [4.69, 9.17) is 11.6 Å². The summed E-state index contributed by atoms with van der Waals surface area (Å²) in [6.07, 6.45) is 4.58. The number of nitrogens with zero attached hydrogens (tertiary/aromatic N) is 2. The summed E-state index contributed by atoms with van der Waals surface area (Å²) in [5.74, 6) is 0.213. The van der Waals surface area contributed by atoms with Crippen LogP contribution >= 0.6 is 11.6 Å². The van der Waals surface area contributed by atoms with E-state index in [2.05, 4.69) is 34.6 Å². The summed E-state index contributed by atoms with van der Waals surface area (Å²) in [6, 6.07) is 14.3. The Morgan fingerprint density at radius 2 is 1.85 bits per heavy atom. The highest BCUT2D eigenvalue weighted by molar-refractivity contribution is 6.30. The van der Waals surface area contributed by atoms with Gasteiger partial charge in [-0.05, 0) is 41.8 Å². The average molecular weight is 382 g/mol. The SMILES string of the molecule is CC=Cc1ccc2c(c1)N(N1CCNCC1)C(=O)CC2c1ccc(Cl)cc1. The third-order valence-corrected chi connectivity index (χ3v) is 5.53. The van der Waals surface area contributed by atoms with Crippen LogP contribution in [0.25, 0.3) is 6.08 Å². The summed E-state index contributed by atoms with van der Waals surface area (Å²) in [6.45, 7) is 5.48. The normalized spacial score (nSPS) is 20.9. The van der Waals surface area contributed by atoms with Crippen LogP contribution in [0.3, 0.4) is 0 Å². The first-order valence-corrected chi connectivity index (χ1v) is 9.86. The van der Waals surface area contributed by atoms with Gasteiger partial charge in [-0.25, -0.2) is 10.0 Å². The van der Waals surface area contributed by atoms with E-state index in [1.54, 1.807) is 0 Å². The molecule has 0 aromatic heterocycles. The van der Waals surface area contributed by atoms with Crippen LogP contribution in [0.15, 0.2) is 48.5 Å². The number of piperazine rings is 1. The molecule has 0 radical (unpaired) electrons. The topological polar surface area (TPSA) is 35.6 Å². The maximum absolute atomic E-state index is 13.2. The Kier molecular flexibility index (Phi) is 5.30. The number of carbonyl (C=O) groups excluding carboxylic acids is 1. The number of rotatable bonds is 3. The van der Waals surface area contributed by atoms with Crippen molar-refractivity contribution in [3.63, 3.8) is 0 Å². The average Bonchev–Trinajstić information content (AvgIpc) is 2.69. The van der Waals surface area contributed by atoms with E-state index in [1.165, 1.54) is 5.56 Å². The second kappa shape index (κ2) is 7.85. The minimum Gasteiger partial charge on any atom is -0.314 e. The monoisotopic (exact) mass is 381 g/mol. The van der Waals surface area contributed by atoms with E-state index in [0.29, 0.717) is 11.4 Å². The van der Waals surface area contributed by atoms with Gasteiger partial charge < -0.3 is 5.32 Å². The predicted molar refractivity (Wildman–Crippen MR) is 111 cm³/mol. The van der Waals surface area contributed by atoms with Crippen LogP contribution in [0.4, 0.5) is 5.69 Å². The van der Waals surface area contributed by atoms with Gasteiger partial charge in [-0.1, -0.05) is 48.0 Å². The fourth-order valence-corrected chi connectivity index (χ4v) is 4.12. The number of hydrogen-bond donors (Lipinski definition) is 1. The number of halogens is 1. The molecule has 1 atom stereocenters. The van der Waals surface area contributed by atoms with Crippen molar-refractivity contribution in [2.75, 3.05) is 31.2 Å². The fourth-order valence-electron chi connectivity index (χ4n) is 4.00. The van der Waals surface area contributed by atoms with Gasteiger partial charge in [-0.2, -0.15) is 0 Å². The van der Waals surface area contributed by atoms with Crippen LogP contribution in [0.1, 0.15) is 36.0 Å². The van der Waals surface area contributed by atoms with Gasteiger partial charge in [0.1, 0.15) is 0 Å². The van der Waals surface area contributed by atoms with Crippen LogP contribution in [0.2, 0.25) is 5.02 Å². The van der Waals surface area contributed by atoms with E-state index < -0.39 is 0 Å². The molecule has 140 valence electrons. The first-order valence-electron chi connectivity index (χ1n) is 9.48. The van der Waals surface area contributed by atoms with E-state index in [9.17, 15) is 4.79 Å². The van der Waals surface area contributed by atoms with E-state index in [1.807, 2.05) is 42.3 Å². The van der Waals surface area contributed by atoms with Gasteiger partial charge in [0.2, 0.25) is 5.91 Å². The molecule has 1 amide bonds. The third kappa shape index (κ3) is 3.65. The Morgan fingerprint density at radius 3 is 2.56 bits per heavy atom. The Balaban J connectivity index is 1.80. The molecule has 1 unspecified atom stereocenters. The Hall–Kier alpha value is -2.14. The number of benzene rings is 2. The van der Waals surface area contributed by atoms with Gasteiger partial charge in [0.25, 0.3) is 0 Å². The number of nitrogens with one attached hydrogen (secondary N) is 1. The zero-order chi connectivity index (χ0) is 18.8. The van der Waals surface area contributed by atoms with Gasteiger partial charge in [0.15, 0.2) is 0 Å². The maximum Gasteiger partial charge on any atom is 0.242 e. The standard InChI is InChI=1S/C22H24ClN3O/c1-2-3-16-4-9-19-20(17-5-7-18(23)8-6-17)15-22(27)26(21(19)14-16)25-12-10-24-11-13-25/h2-9,14,20,24H,10-13,15H2,1H3. The Morgan fingerprint density at radius 1 is 1.11 bits per heavy atom. The van der Waals surface area contributed by atoms with Crippen LogP contribution in [-0.2, 0) is 4.79 Å². The van der Waals surface area contributed by atoms with Gasteiger partial charge in [0, 0.05) is 43.5 Å². The molecule has 2 aromatic rings. The van der Waals surface area contributed by atoms with Crippen molar-refractivity contribution in [1.29, 1.82) is 0 Å². The van der Waals surface area contributed by atoms with Crippen molar-refractivity contribution in [1.82, 2.24) is 10.3 Å². The van der Waals surface area contributed by atoms with Crippen LogP contribution in [-0.4, -0.2) is 37.1 Å². The van der Waals surface area contributed by atoms with Gasteiger partial charge in [0.05, 0.1) is 5.69 Å². The van der Waals surface area contributed by atoms with Crippen molar-refractivity contribution in [3.8, 4) is 0 Å². The molecular weight excluding hydrogens is 358 g/mol. The third-order valence-electron chi connectivity index (χ3n) is 5.28. The van der Waals surface area contributed by atoms with E-state index in [0.717, 1.165) is 43.0 Å². The van der Waals surface area contributed by atoms with Crippen LogP contribution in [0, 0.1) is 0 Å². The molecule has 2 aromatic carbocycles. The van der Waals surface area contributed by atoms with Crippen LogP contribution < -0.4 is 10.3 Å². The van der Waals surface area contributed by atoms with Crippen molar-refractivity contribution < 1.29 is 4.79 Å². The molecule has 0 saturated carbocycles. The Bertz CT molecular complexity index is 856. The number of hydrazine groups is 1. The lowest BCUT2D eigenvalue weighted by Gasteiger charge is -2.42. The first kappa shape index (κ1) is 18.2. The minimum absolute atomic E-state index is 0.0589. The molecular formula is C22H24ClN3O. The van der Waals surface area contributed by atoms with Crippen molar-refractivity contribution in [2.45, 2.75) is 19.3 Å². The second-order valence-electron chi connectivity index (χ2n) is 7.04. The van der Waals surface area contributed by atoms with Gasteiger partial charge in [-0.3, -0.25) is 4.79 Å². The second-order valence-corrected chi connectivity index (χ2v) is 7.47. The van der Waals surface area contributed by atoms with Crippen molar-refractivity contribution in [3.05, 3.63) is 70.3 Å². The molecule has 2 heterocycles. The summed E-state index contributed by atoms with van der Waals surface area (Å²) < 4.78 is 0. The van der Waals surface area contributed by atoms with E-state index >= 15 is 0 Å². The molecule has 2 aliphatic heterocycles. The lowest BCUT2D eigenvalue weighted by Crippen LogP contribution is -2.56. The number of hydrogen-bond acceptors (Lipinski definition) is 3. The summed E-state index contributed by atoms with van der Waals surface area (Å²) in [4.78, 5) is 13.2. The first-order chi connectivity index (χ1) is 13.2. The zero-order valence-corrected chi connectivity index (χ0v) is 16.2. The lowest BCUT2D eigenvalue weighted by molar-refractivity contribution is -0.122. The maximum atomic E-state index is 13.2. The largest absolute Gasteiger partial charge is 0.314 e. The molecule has 1 saturated heterocycles. The summed E-state index contributed by atoms with van der Waals surface area (Å²) >= 11 is 6.06.